The number of aryl methyl sites for hydroxylation is 1. The molecule has 0 fully saturated rings. The summed E-state index contributed by atoms with van der Waals surface area (Å²) in [5.41, 5.74) is 3.53. The molecule has 8 heteroatoms. The molecule has 30 heavy (non-hydrogen) atoms. The fourth-order valence-electron chi connectivity index (χ4n) is 3.09. The van der Waals surface area contributed by atoms with Crippen LogP contribution in [0.15, 0.2) is 53.6 Å². The highest BCUT2D eigenvalue weighted by Gasteiger charge is 2.21. The molecule has 0 aliphatic carbocycles. The quantitative estimate of drug-likeness (QED) is 0.591. The monoisotopic (exact) mass is 425 g/mol. The van der Waals surface area contributed by atoms with Gasteiger partial charge in [0.2, 0.25) is 10.0 Å². The summed E-state index contributed by atoms with van der Waals surface area (Å²) in [6.45, 7) is 9.01. The van der Waals surface area contributed by atoms with E-state index in [0.29, 0.717) is 30.4 Å². The molecule has 0 saturated carbocycles. The van der Waals surface area contributed by atoms with Crippen LogP contribution < -0.4 is 5.32 Å². The highest BCUT2D eigenvalue weighted by molar-refractivity contribution is 7.89. The molecule has 2 heterocycles. The molecule has 3 rings (SSSR count). The van der Waals surface area contributed by atoms with Crippen molar-refractivity contribution < 1.29 is 8.42 Å². The van der Waals surface area contributed by atoms with Crippen LogP contribution in [0.4, 0.5) is 5.82 Å². The average Bonchev–Trinajstić information content (AvgIpc) is 2.76. The van der Waals surface area contributed by atoms with E-state index in [1.54, 1.807) is 18.3 Å². The van der Waals surface area contributed by atoms with Crippen molar-refractivity contribution in [2.24, 2.45) is 0 Å². The Hall–Kier alpha value is -2.84. The predicted octanol–water partition coefficient (Wildman–Crippen LogP) is 3.80. The zero-order valence-corrected chi connectivity index (χ0v) is 18.6. The van der Waals surface area contributed by atoms with Gasteiger partial charge in [0, 0.05) is 37.1 Å². The smallest absolute Gasteiger partial charge is 0.243 e. The maximum Gasteiger partial charge on any atom is 0.243 e. The maximum absolute atomic E-state index is 12.6. The standard InChI is InChI=1S/C22H27N5O2S/c1-5-27(6-2)30(28,29)19-12-10-18(11-13-19)15-24-21-16(3)17(4)25-22(26-21)20-9-7-8-14-23-20/h7-14H,5-6,15H2,1-4H3,(H,24,25,26). The molecule has 2 aromatic heterocycles. The Balaban J connectivity index is 1.78. The lowest BCUT2D eigenvalue weighted by atomic mass is 10.2. The number of nitrogens with one attached hydrogen (secondary N) is 1. The first-order valence-electron chi connectivity index (χ1n) is 9.96. The Morgan fingerprint density at radius 3 is 2.27 bits per heavy atom. The van der Waals surface area contributed by atoms with E-state index in [4.69, 9.17) is 0 Å². The van der Waals surface area contributed by atoms with Crippen LogP contribution in [0.3, 0.4) is 0 Å². The number of aromatic nitrogens is 3. The van der Waals surface area contributed by atoms with Crippen molar-refractivity contribution in [3.63, 3.8) is 0 Å². The first-order valence-corrected chi connectivity index (χ1v) is 11.4. The first kappa shape index (κ1) is 21.9. The Kier molecular flexibility index (Phi) is 6.79. The number of hydrogen-bond acceptors (Lipinski definition) is 6. The minimum Gasteiger partial charge on any atom is -0.366 e. The second-order valence-corrected chi connectivity index (χ2v) is 8.85. The Labute approximate surface area is 178 Å². The maximum atomic E-state index is 12.6. The molecule has 0 aliphatic rings. The Morgan fingerprint density at radius 2 is 1.67 bits per heavy atom. The largest absolute Gasteiger partial charge is 0.366 e. The van der Waals surface area contributed by atoms with Gasteiger partial charge in [0.15, 0.2) is 5.82 Å². The van der Waals surface area contributed by atoms with Crippen LogP contribution in [-0.4, -0.2) is 40.8 Å². The lowest BCUT2D eigenvalue weighted by Crippen LogP contribution is -2.30. The van der Waals surface area contributed by atoms with Crippen LogP contribution >= 0.6 is 0 Å². The molecule has 0 aliphatic heterocycles. The van der Waals surface area contributed by atoms with Gasteiger partial charge in [-0.3, -0.25) is 4.98 Å². The van der Waals surface area contributed by atoms with Crippen LogP contribution in [0.5, 0.6) is 0 Å². The molecule has 7 nitrogen and oxygen atoms in total. The number of sulfonamides is 1. The Morgan fingerprint density at radius 1 is 0.967 bits per heavy atom. The summed E-state index contributed by atoms with van der Waals surface area (Å²) in [6.07, 6.45) is 1.72. The number of pyridine rings is 1. The molecule has 0 unspecified atom stereocenters. The second-order valence-electron chi connectivity index (χ2n) is 6.91. The molecule has 0 radical (unpaired) electrons. The lowest BCUT2D eigenvalue weighted by Gasteiger charge is -2.18. The van der Waals surface area contributed by atoms with E-state index in [2.05, 4.69) is 20.3 Å². The Bertz CT molecular complexity index is 1100. The normalized spacial score (nSPS) is 11.6. The van der Waals surface area contributed by atoms with Crippen molar-refractivity contribution in [3.05, 3.63) is 65.5 Å². The van der Waals surface area contributed by atoms with Gasteiger partial charge in [0.05, 0.1) is 4.90 Å². The van der Waals surface area contributed by atoms with Crippen LogP contribution in [0, 0.1) is 13.8 Å². The molecule has 0 bridgehead atoms. The molecule has 1 N–H and O–H groups in total. The minimum atomic E-state index is -3.45. The van der Waals surface area contributed by atoms with Gasteiger partial charge in [-0.25, -0.2) is 18.4 Å². The van der Waals surface area contributed by atoms with E-state index >= 15 is 0 Å². The van der Waals surface area contributed by atoms with E-state index < -0.39 is 10.0 Å². The summed E-state index contributed by atoms with van der Waals surface area (Å²) < 4.78 is 26.7. The number of anilines is 1. The molecule has 3 aromatic rings. The number of benzene rings is 1. The first-order chi connectivity index (χ1) is 14.4. The van der Waals surface area contributed by atoms with Gasteiger partial charge in [0.25, 0.3) is 0 Å². The van der Waals surface area contributed by atoms with E-state index in [0.717, 1.165) is 28.3 Å². The molecule has 0 saturated heterocycles. The van der Waals surface area contributed by atoms with Gasteiger partial charge in [-0.05, 0) is 43.7 Å². The van der Waals surface area contributed by atoms with Gasteiger partial charge in [-0.1, -0.05) is 32.0 Å². The van der Waals surface area contributed by atoms with Gasteiger partial charge < -0.3 is 5.32 Å². The topological polar surface area (TPSA) is 88.1 Å². The molecule has 1 aromatic carbocycles. The fraction of sp³-hybridized carbons (Fsp3) is 0.318. The van der Waals surface area contributed by atoms with Crippen molar-refractivity contribution in [1.82, 2.24) is 19.3 Å². The van der Waals surface area contributed by atoms with E-state index in [-0.39, 0.29) is 0 Å². The summed E-state index contributed by atoms with van der Waals surface area (Å²) in [5, 5.41) is 3.34. The van der Waals surface area contributed by atoms with Crippen LogP contribution in [0.2, 0.25) is 0 Å². The van der Waals surface area contributed by atoms with Crippen LogP contribution in [0.1, 0.15) is 30.7 Å². The highest BCUT2D eigenvalue weighted by Crippen LogP contribution is 2.21. The van der Waals surface area contributed by atoms with Gasteiger partial charge in [-0.15, -0.1) is 0 Å². The van der Waals surface area contributed by atoms with Crippen molar-refractivity contribution in [3.8, 4) is 11.5 Å². The van der Waals surface area contributed by atoms with Crippen LogP contribution in [0.25, 0.3) is 11.5 Å². The van der Waals surface area contributed by atoms with E-state index in [1.807, 2.05) is 58.0 Å². The highest BCUT2D eigenvalue weighted by atomic mass is 32.2. The average molecular weight is 426 g/mol. The van der Waals surface area contributed by atoms with Crippen LogP contribution in [-0.2, 0) is 16.6 Å². The predicted molar refractivity (Wildman–Crippen MR) is 119 cm³/mol. The zero-order chi connectivity index (χ0) is 21.7. The molecule has 0 amide bonds. The van der Waals surface area contributed by atoms with E-state index in [9.17, 15) is 8.42 Å². The van der Waals surface area contributed by atoms with Crippen molar-refractivity contribution in [2.45, 2.75) is 39.1 Å². The summed E-state index contributed by atoms with van der Waals surface area (Å²) >= 11 is 0. The SMILES string of the molecule is CCN(CC)S(=O)(=O)c1ccc(CNc2nc(-c3ccccn3)nc(C)c2C)cc1. The van der Waals surface area contributed by atoms with Gasteiger partial charge in [-0.2, -0.15) is 4.31 Å². The lowest BCUT2D eigenvalue weighted by molar-refractivity contribution is 0.445. The zero-order valence-electron chi connectivity index (χ0n) is 17.8. The van der Waals surface area contributed by atoms with Gasteiger partial charge in [0.1, 0.15) is 11.5 Å². The number of nitrogens with zero attached hydrogens (tertiary/aromatic N) is 4. The molecular formula is C22H27N5O2S. The number of rotatable bonds is 8. The third kappa shape index (κ3) is 4.66. The molecular weight excluding hydrogens is 398 g/mol. The summed E-state index contributed by atoms with van der Waals surface area (Å²) in [7, 11) is -3.45. The third-order valence-corrected chi connectivity index (χ3v) is 7.07. The minimum absolute atomic E-state index is 0.307. The second kappa shape index (κ2) is 9.32. The summed E-state index contributed by atoms with van der Waals surface area (Å²) in [4.78, 5) is 13.8. The van der Waals surface area contributed by atoms with Crippen molar-refractivity contribution in [2.75, 3.05) is 18.4 Å². The van der Waals surface area contributed by atoms with Crippen molar-refractivity contribution in [1.29, 1.82) is 0 Å². The van der Waals surface area contributed by atoms with Gasteiger partial charge >= 0.3 is 0 Å². The summed E-state index contributed by atoms with van der Waals surface area (Å²) in [6, 6.07) is 12.6. The third-order valence-electron chi connectivity index (χ3n) is 5.01. The fourth-order valence-corrected chi connectivity index (χ4v) is 4.55. The number of hydrogen-bond donors (Lipinski definition) is 1. The molecule has 0 spiro atoms. The molecule has 158 valence electrons. The van der Waals surface area contributed by atoms with E-state index in [1.165, 1.54) is 4.31 Å². The summed E-state index contributed by atoms with van der Waals surface area (Å²) in [5.74, 6) is 1.31. The van der Waals surface area contributed by atoms with Crippen molar-refractivity contribution >= 4 is 15.8 Å². The molecule has 0 atom stereocenters.